The minimum atomic E-state index is 0.188. The lowest BCUT2D eigenvalue weighted by atomic mass is 9.88. The number of fused-ring (bicyclic) bond motifs is 2. The van der Waals surface area contributed by atoms with E-state index in [1.54, 1.807) is 6.20 Å². The number of rotatable bonds is 3. The summed E-state index contributed by atoms with van der Waals surface area (Å²) in [6.07, 6.45) is 6.67. The van der Waals surface area contributed by atoms with E-state index >= 15 is 0 Å². The molecule has 0 aromatic carbocycles. The molecule has 5 nitrogen and oxygen atoms in total. The van der Waals surface area contributed by atoms with Crippen LogP contribution in [0.4, 0.5) is 11.5 Å². The van der Waals surface area contributed by atoms with Crippen LogP contribution < -0.4 is 10.2 Å². The molecule has 4 rings (SSSR count). The first-order valence-electron chi connectivity index (χ1n) is 8.39. The highest BCUT2D eigenvalue weighted by Crippen LogP contribution is 2.48. The van der Waals surface area contributed by atoms with Crippen molar-refractivity contribution in [2.24, 2.45) is 17.8 Å². The summed E-state index contributed by atoms with van der Waals surface area (Å²) in [6, 6.07) is 3.95. The summed E-state index contributed by atoms with van der Waals surface area (Å²) >= 11 is 0. The van der Waals surface area contributed by atoms with E-state index in [0.717, 1.165) is 50.1 Å². The average molecular weight is 301 g/mol. The predicted molar refractivity (Wildman–Crippen MR) is 84.8 cm³/mol. The van der Waals surface area contributed by atoms with E-state index in [1.165, 1.54) is 19.3 Å². The molecule has 2 heterocycles. The van der Waals surface area contributed by atoms with Crippen molar-refractivity contribution in [1.29, 1.82) is 0 Å². The van der Waals surface area contributed by atoms with Crippen molar-refractivity contribution in [2.45, 2.75) is 25.7 Å². The number of nitrogens with one attached hydrogen (secondary N) is 1. The number of aromatic nitrogens is 1. The van der Waals surface area contributed by atoms with E-state index in [2.05, 4.69) is 15.2 Å². The number of anilines is 2. The van der Waals surface area contributed by atoms with Crippen LogP contribution in [0.1, 0.15) is 25.7 Å². The normalized spacial score (nSPS) is 30.5. The molecule has 118 valence electrons. The standard InChI is InChI=1S/C17H23N3O2/c21-17(15-10-12-1-2-13(15)9-12)19-14-3-4-16(18-11-14)20-5-7-22-8-6-20/h3-4,11-13,15H,1-2,5-10H2,(H,19,21)/t12-,13-,15+/m1/s1. The molecular weight excluding hydrogens is 278 g/mol. The van der Waals surface area contributed by atoms with Crippen molar-refractivity contribution in [1.82, 2.24) is 4.98 Å². The van der Waals surface area contributed by atoms with Crippen LogP contribution in [0.25, 0.3) is 0 Å². The maximum atomic E-state index is 12.4. The van der Waals surface area contributed by atoms with Crippen LogP contribution in [-0.4, -0.2) is 37.2 Å². The molecule has 1 N–H and O–H groups in total. The molecule has 3 fully saturated rings. The van der Waals surface area contributed by atoms with Crippen LogP contribution in [0, 0.1) is 17.8 Å². The smallest absolute Gasteiger partial charge is 0.227 e. The number of nitrogens with zero attached hydrogens (tertiary/aromatic N) is 2. The molecule has 2 bridgehead atoms. The van der Waals surface area contributed by atoms with Crippen molar-refractivity contribution >= 4 is 17.4 Å². The zero-order chi connectivity index (χ0) is 14.9. The first-order valence-corrected chi connectivity index (χ1v) is 8.39. The van der Waals surface area contributed by atoms with Gasteiger partial charge in [-0.05, 0) is 43.2 Å². The van der Waals surface area contributed by atoms with Gasteiger partial charge < -0.3 is 15.0 Å². The maximum absolute atomic E-state index is 12.4. The van der Waals surface area contributed by atoms with Gasteiger partial charge in [0.1, 0.15) is 5.82 Å². The van der Waals surface area contributed by atoms with Gasteiger partial charge in [0.2, 0.25) is 5.91 Å². The predicted octanol–water partition coefficient (Wildman–Crippen LogP) is 2.29. The summed E-state index contributed by atoms with van der Waals surface area (Å²) in [6.45, 7) is 3.27. The molecule has 2 aliphatic carbocycles. The van der Waals surface area contributed by atoms with Crippen molar-refractivity contribution in [3.8, 4) is 0 Å². The summed E-state index contributed by atoms with van der Waals surface area (Å²) < 4.78 is 5.35. The third-order valence-electron chi connectivity index (χ3n) is 5.43. The average Bonchev–Trinajstić information content (AvgIpc) is 3.19. The minimum absolute atomic E-state index is 0.188. The van der Waals surface area contributed by atoms with Crippen molar-refractivity contribution in [2.75, 3.05) is 36.5 Å². The third-order valence-corrected chi connectivity index (χ3v) is 5.43. The van der Waals surface area contributed by atoms with Crippen LogP contribution in [0.15, 0.2) is 18.3 Å². The lowest BCUT2D eigenvalue weighted by Gasteiger charge is -2.27. The SMILES string of the molecule is O=C(Nc1ccc(N2CCOCC2)nc1)[C@H]1C[C@@H]2CC[C@@H]1C2. The highest BCUT2D eigenvalue weighted by molar-refractivity contribution is 5.93. The van der Waals surface area contributed by atoms with Gasteiger partial charge in [-0.25, -0.2) is 4.98 Å². The summed E-state index contributed by atoms with van der Waals surface area (Å²) in [5.41, 5.74) is 0.810. The number of pyridine rings is 1. The number of morpholine rings is 1. The van der Waals surface area contributed by atoms with Crippen LogP contribution in [0.3, 0.4) is 0 Å². The highest BCUT2D eigenvalue weighted by atomic mass is 16.5. The Morgan fingerprint density at radius 2 is 2.09 bits per heavy atom. The van der Waals surface area contributed by atoms with Gasteiger partial charge in [-0.3, -0.25) is 4.79 Å². The molecular formula is C17H23N3O2. The molecule has 2 saturated carbocycles. The first kappa shape index (κ1) is 14.0. The lowest BCUT2D eigenvalue weighted by Crippen LogP contribution is -2.36. The Labute approximate surface area is 131 Å². The largest absolute Gasteiger partial charge is 0.378 e. The van der Waals surface area contributed by atoms with Gasteiger partial charge in [-0.2, -0.15) is 0 Å². The minimum Gasteiger partial charge on any atom is -0.378 e. The Kier molecular flexibility index (Phi) is 3.74. The second-order valence-electron chi connectivity index (χ2n) is 6.78. The molecule has 1 saturated heterocycles. The second-order valence-corrected chi connectivity index (χ2v) is 6.78. The Bertz CT molecular complexity index is 539. The Morgan fingerprint density at radius 1 is 1.23 bits per heavy atom. The Morgan fingerprint density at radius 3 is 2.73 bits per heavy atom. The number of ether oxygens (including phenoxy) is 1. The number of carbonyl (C=O) groups excluding carboxylic acids is 1. The molecule has 1 aromatic heterocycles. The molecule has 0 spiro atoms. The van der Waals surface area contributed by atoms with E-state index in [1.807, 2.05) is 12.1 Å². The number of carbonyl (C=O) groups is 1. The monoisotopic (exact) mass is 301 g/mol. The lowest BCUT2D eigenvalue weighted by molar-refractivity contribution is -0.121. The van der Waals surface area contributed by atoms with Crippen molar-refractivity contribution in [3.63, 3.8) is 0 Å². The van der Waals surface area contributed by atoms with E-state index in [9.17, 15) is 4.79 Å². The zero-order valence-corrected chi connectivity index (χ0v) is 12.8. The van der Waals surface area contributed by atoms with Crippen LogP contribution in [0.2, 0.25) is 0 Å². The third kappa shape index (κ3) is 2.70. The Hall–Kier alpha value is -1.62. The summed E-state index contributed by atoms with van der Waals surface area (Å²) in [5.74, 6) is 2.78. The molecule has 1 aromatic rings. The molecule has 22 heavy (non-hydrogen) atoms. The van der Waals surface area contributed by atoms with Gasteiger partial charge in [0, 0.05) is 19.0 Å². The first-order chi connectivity index (χ1) is 10.8. The van der Waals surface area contributed by atoms with Gasteiger partial charge in [0.15, 0.2) is 0 Å². The summed E-state index contributed by atoms with van der Waals surface area (Å²) in [4.78, 5) is 19.1. The second kappa shape index (κ2) is 5.88. The maximum Gasteiger partial charge on any atom is 0.227 e. The molecule has 3 atom stereocenters. The van der Waals surface area contributed by atoms with E-state index in [4.69, 9.17) is 4.74 Å². The quantitative estimate of drug-likeness (QED) is 0.930. The zero-order valence-electron chi connectivity index (χ0n) is 12.8. The molecule has 5 heteroatoms. The number of hydrogen-bond acceptors (Lipinski definition) is 4. The van der Waals surface area contributed by atoms with Crippen LogP contribution in [0.5, 0.6) is 0 Å². The topological polar surface area (TPSA) is 54.5 Å². The molecule has 0 unspecified atom stereocenters. The van der Waals surface area contributed by atoms with Crippen molar-refractivity contribution < 1.29 is 9.53 Å². The molecule has 3 aliphatic rings. The number of amides is 1. The van der Waals surface area contributed by atoms with E-state index < -0.39 is 0 Å². The fourth-order valence-electron chi connectivity index (χ4n) is 4.24. The van der Waals surface area contributed by atoms with E-state index in [-0.39, 0.29) is 11.8 Å². The van der Waals surface area contributed by atoms with Gasteiger partial charge in [0.25, 0.3) is 0 Å². The van der Waals surface area contributed by atoms with E-state index in [0.29, 0.717) is 5.92 Å². The highest BCUT2D eigenvalue weighted by Gasteiger charge is 2.43. The molecule has 0 radical (unpaired) electrons. The van der Waals surface area contributed by atoms with Gasteiger partial charge in [-0.15, -0.1) is 0 Å². The fourth-order valence-corrected chi connectivity index (χ4v) is 4.24. The van der Waals surface area contributed by atoms with Gasteiger partial charge >= 0.3 is 0 Å². The number of hydrogen-bond donors (Lipinski definition) is 1. The summed E-state index contributed by atoms with van der Waals surface area (Å²) in [7, 11) is 0. The van der Waals surface area contributed by atoms with Gasteiger partial charge in [0.05, 0.1) is 25.1 Å². The Balaban J connectivity index is 1.37. The fraction of sp³-hybridized carbons (Fsp3) is 0.647. The molecule has 1 amide bonds. The molecule has 1 aliphatic heterocycles. The van der Waals surface area contributed by atoms with Crippen LogP contribution >= 0.6 is 0 Å². The van der Waals surface area contributed by atoms with Crippen LogP contribution in [-0.2, 0) is 9.53 Å². The summed E-state index contributed by atoms with van der Waals surface area (Å²) in [5, 5.41) is 3.05. The van der Waals surface area contributed by atoms with Crippen molar-refractivity contribution in [3.05, 3.63) is 18.3 Å². The van der Waals surface area contributed by atoms with Gasteiger partial charge in [-0.1, -0.05) is 6.42 Å².